The first kappa shape index (κ1) is 11.5. The van der Waals surface area contributed by atoms with E-state index in [1.807, 2.05) is 18.9 Å². The zero-order chi connectivity index (χ0) is 12.7. The Hall–Kier alpha value is -1.98. The molecule has 0 saturated carbocycles. The highest BCUT2D eigenvalue weighted by molar-refractivity contribution is 6.05. The van der Waals surface area contributed by atoms with E-state index in [4.69, 9.17) is 5.11 Å². The van der Waals surface area contributed by atoms with Crippen LogP contribution in [0.2, 0.25) is 0 Å². The summed E-state index contributed by atoms with van der Waals surface area (Å²) in [5.74, 6) is -1.20. The molecule has 2 heterocycles. The molecule has 1 aromatic rings. The molecular weight excluding hydrogens is 222 g/mol. The van der Waals surface area contributed by atoms with Crippen LogP contribution >= 0.6 is 0 Å². The van der Waals surface area contributed by atoms with Crippen LogP contribution in [0, 0.1) is 0 Å². The van der Waals surface area contributed by atoms with Crippen molar-refractivity contribution in [2.75, 3.05) is 23.4 Å². The summed E-state index contributed by atoms with van der Waals surface area (Å²) in [6, 6.07) is -0.0427. The number of likely N-dealkylation sites (N-methyl/N-ethyl adjacent to an activating group) is 1. The summed E-state index contributed by atoms with van der Waals surface area (Å²) in [6.45, 7) is 4.03. The smallest absolute Gasteiger partial charge is 0.354 e. The molecule has 1 aliphatic heterocycles. The van der Waals surface area contributed by atoms with E-state index in [1.54, 1.807) is 6.20 Å². The topological polar surface area (TPSA) is 76.6 Å². The molecule has 0 aromatic carbocycles. The van der Waals surface area contributed by atoms with Crippen molar-refractivity contribution in [2.24, 2.45) is 0 Å². The van der Waals surface area contributed by atoms with E-state index in [0.717, 1.165) is 5.69 Å². The standard InChI is InChI=1S/C11H15N3O3/c1-6-5-13(3)8-4-12-9(11(16)17)10(8)14(6)7(2)15/h4,6,12H,5H2,1-3H3,(H,16,17). The number of aromatic carboxylic acids is 1. The summed E-state index contributed by atoms with van der Waals surface area (Å²) < 4.78 is 0. The fourth-order valence-corrected chi connectivity index (χ4v) is 2.37. The Morgan fingerprint density at radius 3 is 2.71 bits per heavy atom. The normalized spacial score (nSPS) is 19.1. The fourth-order valence-electron chi connectivity index (χ4n) is 2.37. The number of carboxylic acids is 1. The number of hydrogen-bond donors (Lipinski definition) is 2. The first-order valence-corrected chi connectivity index (χ1v) is 5.39. The van der Waals surface area contributed by atoms with E-state index >= 15 is 0 Å². The number of amides is 1. The second-order valence-corrected chi connectivity index (χ2v) is 4.32. The summed E-state index contributed by atoms with van der Waals surface area (Å²) >= 11 is 0. The lowest BCUT2D eigenvalue weighted by Gasteiger charge is -2.38. The Labute approximate surface area is 98.8 Å². The molecule has 0 bridgehead atoms. The molecule has 0 radical (unpaired) electrons. The zero-order valence-electron chi connectivity index (χ0n) is 10.0. The van der Waals surface area contributed by atoms with Crippen molar-refractivity contribution in [3.05, 3.63) is 11.9 Å². The number of aromatic nitrogens is 1. The number of H-pyrrole nitrogens is 1. The van der Waals surface area contributed by atoms with Crippen LogP contribution < -0.4 is 9.80 Å². The maximum absolute atomic E-state index is 11.7. The van der Waals surface area contributed by atoms with Crippen LogP contribution in [0.1, 0.15) is 24.3 Å². The minimum Gasteiger partial charge on any atom is -0.477 e. The minimum absolute atomic E-state index is 0.0427. The number of carbonyl (C=O) groups is 2. The molecule has 2 rings (SSSR count). The van der Waals surface area contributed by atoms with Gasteiger partial charge in [-0.3, -0.25) is 4.79 Å². The van der Waals surface area contributed by atoms with Crippen LogP contribution in [0.15, 0.2) is 6.20 Å². The number of carbonyl (C=O) groups excluding carboxylic acids is 1. The number of fused-ring (bicyclic) bond motifs is 1. The van der Waals surface area contributed by atoms with Gasteiger partial charge in [0.25, 0.3) is 0 Å². The number of carboxylic acid groups (broad SMARTS) is 1. The molecule has 2 N–H and O–H groups in total. The molecule has 0 spiro atoms. The molecule has 92 valence electrons. The van der Waals surface area contributed by atoms with Crippen LogP contribution in [0.5, 0.6) is 0 Å². The Morgan fingerprint density at radius 2 is 2.18 bits per heavy atom. The second kappa shape index (κ2) is 3.80. The quantitative estimate of drug-likeness (QED) is 0.761. The second-order valence-electron chi connectivity index (χ2n) is 4.32. The van der Waals surface area contributed by atoms with Crippen molar-refractivity contribution < 1.29 is 14.7 Å². The highest BCUT2D eigenvalue weighted by atomic mass is 16.4. The van der Waals surface area contributed by atoms with Gasteiger partial charge in [-0.1, -0.05) is 0 Å². The van der Waals surface area contributed by atoms with E-state index in [0.29, 0.717) is 12.2 Å². The highest BCUT2D eigenvalue weighted by Crippen LogP contribution is 2.37. The Bertz CT molecular complexity index is 480. The van der Waals surface area contributed by atoms with E-state index in [-0.39, 0.29) is 17.6 Å². The number of nitrogens with one attached hydrogen (secondary N) is 1. The van der Waals surface area contributed by atoms with Crippen LogP contribution in [-0.4, -0.2) is 41.6 Å². The van der Waals surface area contributed by atoms with Crippen LogP contribution in [-0.2, 0) is 4.79 Å². The van der Waals surface area contributed by atoms with Gasteiger partial charge in [0.15, 0.2) is 5.69 Å². The minimum atomic E-state index is -1.06. The lowest BCUT2D eigenvalue weighted by Crippen LogP contribution is -2.48. The summed E-state index contributed by atoms with van der Waals surface area (Å²) in [7, 11) is 1.88. The number of hydrogen-bond acceptors (Lipinski definition) is 3. The van der Waals surface area contributed by atoms with Gasteiger partial charge in [0, 0.05) is 26.7 Å². The zero-order valence-corrected chi connectivity index (χ0v) is 10.0. The predicted molar refractivity (Wildman–Crippen MR) is 63.6 cm³/mol. The molecule has 1 aliphatic rings. The van der Waals surface area contributed by atoms with Crippen molar-refractivity contribution in [2.45, 2.75) is 19.9 Å². The average Bonchev–Trinajstić information content (AvgIpc) is 2.61. The Morgan fingerprint density at radius 1 is 1.53 bits per heavy atom. The third-order valence-corrected chi connectivity index (χ3v) is 3.02. The molecule has 1 atom stereocenters. The Balaban J connectivity index is 2.61. The molecule has 6 nitrogen and oxygen atoms in total. The van der Waals surface area contributed by atoms with Crippen LogP contribution in [0.3, 0.4) is 0 Å². The number of aromatic amines is 1. The van der Waals surface area contributed by atoms with Gasteiger partial charge in [-0.05, 0) is 6.92 Å². The maximum Gasteiger partial charge on any atom is 0.354 e. The third-order valence-electron chi connectivity index (χ3n) is 3.02. The van der Waals surface area contributed by atoms with Gasteiger partial charge in [-0.15, -0.1) is 0 Å². The number of anilines is 2. The van der Waals surface area contributed by atoms with Crippen LogP contribution in [0.25, 0.3) is 0 Å². The van der Waals surface area contributed by atoms with E-state index in [2.05, 4.69) is 4.98 Å². The van der Waals surface area contributed by atoms with Crippen molar-refractivity contribution in [1.29, 1.82) is 0 Å². The first-order valence-electron chi connectivity index (χ1n) is 5.39. The number of rotatable bonds is 1. The van der Waals surface area contributed by atoms with Gasteiger partial charge in [0.1, 0.15) is 5.69 Å². The molecular formula is C11H15N3O3. The maximum atomic E-state index is 11.7. The van der Waals surface area contributed by atoms with Gasteiger partial charge in [-0.25, -0.2) is 4.79 Å². The van der Waals surface area contributed by atoms with E-state index in [9.17, 15) is 9.59 Å². The van der Waals surface area contributed by atoms with Gasteiger partial charge < -0.3 is 19.9 Å². The van der Waals surface area contributed by atoms with Crippen molar-refractivity contribution in [3.8, 4) is 0 Å². The largest absolute Gasteiger partial charge is 0.477 e. The lowest BCUT2D eigenvalue weighted by atomic mass is 10.1. The first-order chi connectivity index (χ1) is 7.93. The summed E-state index contributed by atoms with van der Waals surface area (Å²) in [6.07, 6.45) is 1.63. The van der Waals surface area contributed by atoms with Gasteiger partial charge in [0.05, 0.1) is 11.7 Å². The molecule has 1 unspecified atom stereocenters. The molecule has 1 aromatic heterocycles. The Kier molecular flexibility index (Phi) is 2.57. The molecule has 0 aliphatic carbocycles. The predicted octanol–water partition coefficient (Wildman–Crippen LogP) is 0.904. The van der Waals surface area contributed by atoms with Crippen molar-refractivity contribution in [1.82, 2.24) is 4.98 Å². The van der Waals surface area contributed by atoms with Crippen molar-refractivity contribution in [3.63, 3.8) is 0 Å². The van der Waals surface area contributed by atoms with E-state index in [1.165, 1.54) is 11.8 Å². The van der Waals surface area contributed by atoms with Gasteiger partial charge in [-0.2, -0.15) is 0 Å². The van der Waals surface area contributed by atoms with Gasteiger partial charge >= 0.3 is 5.97 Å². The SMILES string of the molecule is CC(=O)N1c2c(c[nH]c2C(=O)O)N(C)CC1C. The lowest BCUT2D eigenvalue weighted by molar-refractivity contribution is -0.117. The molecule has 0 fully saturated rings. The molecule has 17 heavy (non-hydrogen) atoms. The van der Waals surface area contributed by atoms with Crippen LogP contribution in [0.4, 0.5) is 11.4 Å². The van der Waals surface area contributed by atoms with E-state index < -0.39 is 5.97 Å². The summed E-state index contributed by atoms with van der Waals surface area (Å²) in [5, 5.41) is 9.11. The average molecular weight is 237 g/mol. The molecule has 1 amide bonds. The monoisotopic (exact) mass is 237 g/mol. The fraction of sp³-hybridized carbons (Fsp3) is 0.455. The molecule has 0 saturated heterocycles. The van der Waals surface area contributed by atoms with Crippen molar-refractivity contribution >= 4 is 23.3 Å². The van der Waals surface area contributed by atoms with Gasteiger partial charge in [0.2, 0.25) is 5.91 Å². The third kappa shape index (κ3) is 1.65. The number of nitrogens with zero attached hydrogens (tertiary/aromatic N) is 2. The summed E-state index contributed by atoms with van der Waals surface area (Å²) in [5.41, 5.74) is 1.27. The highest BCUT2D eigenvalue weighted by Gasteiger charge is 2.34. The molecule has 6 heteroatoms. The summed E-state index contributed by atoms with van der Waals surface area (Å²) in [4.78, 5) is 29.0.